The number of nitrogens with two attached hydrogens (primary N) is 1. The maximum atomic E-state index is 5.52. The van der Waals surface area contributed by atoms with Gasteiger partial charge in [0, 0.05) is 0 Å². The molecule has 1 nitrogen and oxygen atoms in total. The van der Waals surface area contributed by atoms with E-state index < -0.39 is 0 Å². The molecule has 1 heteroatoms. The van der Waals surface area contributed by atoms with E-state index >= 15 is 0 Å². The Morgan fingerprint density at radius 2 is 1.32 bits per heavy atom. The van der Waals surface area contributed by atoms with Crippen LogP contribution in [0.15, 0.2) is 24.3 Å². The average Bonchev–Trinajstić information content (AvgIpc) is 3.24. The molecule has 1 aliphatic rings. The second-order valence-electron chi connectivity index (χ2n) is 7.44. The summed E-state index contributed by atoms with van der Waals surface area (Å²) in [7, 11) is 0. The molecule has 128 valence electrons. The monoisotopic (exact) mass is 305 g/mol. The molecule has 0 bridgehead atoms. The molecule has 2 unspecified atom stereocenters. The standard InChI is InChI=1S/C21H39N/c1-18(2)19(3)13-9-5-4-6-10-14-20-17-21(20)15-11-7-8-12-16-22/h20-21H,1,3-17,22H2,2H3. The summed E-state index contributed by atoms with van der Waals surface area (Å²) in [5.74, 6) is 2.16. The lowest BCUT2D eigenvalue weighted by Gasteiger charge is -2.05. The molecule has 0 radical (unpaired) electrons. The summed E-state index contributed by atoms with van der Waals surface area (Å²) >= 11 is 0. The van der Waals surface area contributed by atoms with Crippen LogP contribution >= 0.6 is 0 Å². The molecule has 1 aliphatic carbocycles. The minimum Gasteiger partial charge on any atom is -0.330 e. The van der Waals surface area contributed by atoms with Gasteiger partial charge in [0.2, 0.25) is 0 Å². The van der Waals surface area contributed by atoms with E-state index in [1.54, 1.807) is 0 Å². The molecule has 0 amide bonds. The van der Waals surface area contributed by atoms with Crippen molar-refractivity contribution in [3.05, 3.63) is 24.3 Å². The predicted molar refractivity (Wildman–Crippen MR) is 100 cm³/mol. The van der Waals surface area contributed by atoms with Crippen molar-refractivity contribution >= 4 is 0 Å². The van der Waals surface area contributed by atoms with Gasteiger partial charge in [-0.15, -0.1) is 0 Å². The van der Waals surface area contributed by atoms with E-state index in [2.05, 4.69) is 20.1 Å². The molecule has 0 saturated heterocycles. The van der Waals surface area contributed by atoms with Crippen LogP contribution in [0.4, 0.5) is 0 Å². The fraction of sp³-hybridized carbons (Fsp3) is 0.810. The summed E-state index contributed by atoms with van der Waals surface area (Å²) in [5, 5.41) is 0. The van der Waals surface area contributed by atoms with Crippen molar-refractivity contribution in [1.29, 1.82) is 0 Å². The van der Waals surface area contributed by atoms with Crippen molar-refractivity contribution in [3.8, 4) is 0 Å². The van der Waals surface area contributed by atoms with Crippen LogP contribution in [0.3, 0.4) is 0 Å². The minimum absolute atomic E-state index is 0.868. The van der Waals surface area contributed by atoms with Gasteiger partial charge in [0.05, 0.1) is 0 Å². The highest BCUT2D eigenvalue weighted by molar-refractivity contribution is 5.22. The van der Waals surface area contributed by atoms with Crippen molar-refractivity contribution in [3.63, 3.8) is 0 Å². The Balaban J connectivity index is 1.81. The number of allylic oxidation sites excluding steroid dienone is 2. The molecule has 1 fully saturated rings. The first kappa shape index (κ1) is 19.5. The predicted octanol–water partition coefficient (Wildman–Crippen LogP) is 6.39. The molecule has 0 heterocycles. The van der Waals surface area contributed by atoms with Crippen molar-refractivity contribution in [2.24, 2.45) is 17.6 Å². The zero-order chi connectivity index (χ0) is 16.2. The van der Waals surface area contributed by atoms with Crippen LogP contribution < -0.4 is 5.73 Å². The van der Waals surface area contributed by atoms with Gasteiger partial charge in [0.1, 0.15) is 0 Å². The molecular weight excluding hydrogens is 266 g/mol. The molecular formula is C21H39N. The largest absolute Gasteiger partial charge is 0.330 e. The van der Waals surface area contributed by atoms with E-state index in [9.17, 15) is 0 Å². The van der Waals surface area contributed by atoms with Crippen molar-refractivity contribution in [2.45, 2.75) is 90.4 Å². The Hall–Kier alpha value is -0.560. The molecule has 2 atom stereocenters. The first-order chi connectivity index (χ1) is 10.6. The van der Waals surface area contributed by atoms with Gasteiger partial charge >= 0.3 is 0 Å². The Kier molecular flexibility index (Phi) is 10.6. The first-order valence-corrected chi connectivity index (χ1v) is 9.69. The highest BCUT2D eigenvalue weighted by Gasteiger charge is 2.34. The average molecular weight is 306 g/mol. The van der Waals surface area contributed by atoms with Crippen molar-refractivity contribution < 1.29 is 0 Å². The number of hydrogen-bond acceptors (Lipinski definition) is 1. The molecule has 0 aromatic carbocycles. The first-order valence-electron chi connectivity index (χ1n) is 9.69. The smallest absolute Gasteiger partial charge is 0.00773 e. The lowest BCUT2D eigenvalue weighted by atomic mass is 10.0. The van der Waals surface area contributed by atoms with E-state index in [4.69, 9.17) is 5.73 Å². The van der Waals surface area contributed by atoms with E-state index in [0.29, 0.717) is 0 Å². The molecule has 22 heavy (non-hydrogen) atoms. The lowest BCUT2D eigenvalue weighted by Crippen LogP contribution is -1.97. The number of hydrogen-bond donors (Lipinski definition) is 1. The van der Waals surface area contributed by atoms with Crippen LogP contribution in [0.5, 0.6) is 0 Å². The van der Waals surface area contributed by atoms with E-state index in [1.807, 2.05) is 0 Å². The Morgan fingerprint density at radius 3 is 1.86 bits per heavy atom. The molecule has 1 saturated carbocycles. The van der Waals surface area contributed by atoms with Crippen LogP contribution in [0.2, 0.25) is 0 Å². The molecule has 0 aliphatic heterocycles. The van der Waals surface area contributed by atoms with Crippen LogP contribution in [0.25, 0.3) is 0 Å². The maximum absolute atomic E-state index is 5.52. The fourth-order valence-corrected chi connectivity index (χ4v) is 3.41. The third-order valence-corrected chi connectivity index (χ3v) is 5.26. The van der Waals surface area contributed by atoms with Gasteiger partial charge in [-0.25, -0.2) is 0 Å². The van der Waals surface area contributed by atoms with Gasteiger partial charge in [-0.05, 0) is 51.0 Å². The molecule has 0 aromatic rings. The minimum atomic E-state index is 0.868. The second-order valence-corrected chi connectivity index (χ2v) is 7.44. The number of rotatable bonds is 15. The summed E-state index contributed by atoms with van der Waals surface area (Å²) < 4.78 is 0. The normalized spacial score (nSPS) is 20.1. The lowest BCUT2D eigenvalue weighted by molar-refractivity contribution is 0.520. The molecule has 0 spiro atoms. The van der Waals surface area contributed by atoms with E-state index in [1.165, 1.54) is 82.6 Å². The highest BCUT2D eigenvalue weighted by atomic mass is 14.5. The van der Waals surface area contributed by atoms with Crippen LogP contribution in [-0.4, -0.2) is 6.54 Å². The SMILES string of the molecule is C=C(C)C(=C)CCCCCCCC1CC1CCCCCCN. The van der Waals surface area contributed by atoms with E-state index in [-0.39, 0.29) is 0 Å². The van der Waals surface area contributed by atoms with Crippen LogP contribution in [-0.2, 0) is 0 Å². The summed E-state index contributed by atoms with van der Waals surface area (Å²) in [6, 6.07) is 0. The van der Waals surface area contributed by atoms with E-state index in [0.717, 1.165) is 30.4 Å². The maximum Gasteiger partial charge on any atom is -0.00773 e. The Morgan fingerprint density at radius 1 is 0.818 bits per heavy atom. The highest BCUT2D eigenvalue weighted by Crippen LogP contribution is 2.45. The Labute approximate surface area is 139 Å². The summed E-state index contributed by atoms with van der Waals surface area (Å²) in [6.45, 7) is 10.9. The third kappa shape index (κ3) is 9.46. The van der Waals surface area contributed by atoms with Gasteiger partial charge < -0.3 is 5.73 Å². The van der Waals surface area contributed by atoms with Crippen molar-refractivity contribution in [1.82, 2.24) is 0 Å². The number of unbranched alkanes of at least 4 members (excludes halogenated alkanes) is 7. The van der Waals surface area contributed by atoms with Gasteiger partial charge in [-0.2, -0.15) is 0 Å². The summed E-state index contributed by atoms with van der Waals surface area (Å²) in [5.41, 5.74) is 7.92. The van der Waals surface area contributed by atoms with Gasteiger partial charge in [0.25, 0.3) is 0 Å². The van der Waals surface area contributed by atoms with Crippen molar-refractivity contribution in [2.75, 3.05) is 6.54 Å². The van der Waals surface area contributed by atoms with Crippen LogP contribution in [0.1, 0.15) is 90.4 Å². The van der Waals surface area contributed by atoms with Gasteiger partial charge in [0.15, 0.2) is 0 Å². The van der Waals surface area contributed by atoms with Gasteiger partial charge in [-0.1, -0.05) is 82.1 Å². The fourth-order valence-electron chi connectivity index (χ4n) is 3.41. The third-order valence-electron chi connectivity index (χ3n) is 5.26. The summed E-state index contributed by atoms with van der Waals surface area (Å²) in [6.07, 6.45) is 18.0. The van der Waals surface area contributed by atoms with Crippen LogP contribution in [0, 0.1) is 11.8 Å². The molecule has 2 N–H and O–H groups in total. The Bertz CT molecular complexity index is 318. The molecule has 1 rings (SSSR count). The molecule has 0 aromatic heterocycles. The zero-order valence-corrected chi connectivity index (χ0v) is 15.0. The second kappa shape index (κ2) is 11.9. The zero-order valence-electron chi connectivity index (χ0n) is 15.0. The van der Waals surface area contributed by atoms with Gasteiger partial charge in [-0.3, -0.25) is 0 Å². The topological polar surface area (TPSA) is 26.0 Å². The quantitative estimate of drug-likeness (QED) is 0.275. The summed E-state index contributed by atoms with van der Waals surface area (Å²) in [4.78, 5) is 0.